The van der Waals surface area contributed by atoms with Crippen LogP contribution in [0.4, 0.5) is 35.0 Å². The van der Waals surface area contributed by atoms with Crippen LogP contribution < -0.4 is 19.4 Å². The maximum absolute atomic E-state index is 14.7. The second kappa shape index (κ2) is 27.0. The molecular weight excluding hydrogens is 1130 g/mol. The molecule has 0 aliphatic carbocycles. The number of halogens is 4. The van der Waals surface area contributed by atoms with Crippen molar-refractivity contribution in [3.8, 4) is 5.88 Å². The van der Waals surface area contributed by atoms with Crippen molar-refractivity contribution >= 4 is 40.8 Å². The van der Waals surface area contributed by atoms with E-state index in [-0.39, 0.29) is 72.0 Å². The van der Waals surface area contributed by atoms with E-state index in [1.54, 1.807) is 10.8 Å². The van der Waals surface area contributed by atoms with Gasteiger partial charge in [-0.1, -0.05) is 24.3 Å². The van der Waals surface area contributed by atoms with Crippen molar-refractivity contribution < 1.29 is 41.8 Å². The molecule has 12 heterocycles. The van der Waals surface area contributed by atoms with E-state index in [2.05, 4.69) is 60.9 Å². The Kier molecular flexibility index (Phi) is 18.8. The molecule has 3 amide bonds. The maximum atomic E-state index is 14.7. The van der Waals surface area contributed by atoms with Crippen LogP contribution in [0.1, 0.15) is 97.4 Å². The fourth-order valence-electron chi connectivity index (χ4n) is 13.4. The van der Waals surface area contributed by atoms with Crippen LogP contribution in [0.15, 0.2) is 110 Å². The quantitative estimate of drug-likeness (QED) is 0.0904. The number of amides is 3. The number of rotatable bonds is 16. The number of pyridine rings is 4. The van der Waals surface area contributed by atoms with Gasteiger partial charge in [0.15, 0.2) is 23.1 Å². The lowest BCUT2D eigenvalue weighted by atomic mass is 9.94. The first-order valence-corrected chi connectivity index (χ1v) is 30.6. The highest BCUT2D eigenvalue weighted by molar-refractivity contribution is 5.83. The third-order valence-electron chi connectivity index (χ3n) is 18.2. The molecule has 6 aromatic heterocycles. The van der Waals surface area contributed by atoms with Gasteiger partial charge < -0.3 is 39.2 Å². The molecule has 1 unspecified atom stereocenters. The van der Waals surface area contributed by atoms with Crippen LogP contribution in [-0.2, 0) is 26.7 Å². The summed E-state index contributed by atoms with van der Waals surface area (Å²) in [5, 5.41) is 23.0. The minimum atomic E-state index is -3.03. The molecule has 6 saturated heterocycles. The van der Waals surface area contributed by atoms with E-state index in [4.69, 9.17) is 4.74 Å². The first-order chi connectivity index (χ1) is 42.5. The zero-order chi connectivity index (χ0) is 61.6. The minimum Gasteiger partial charge on any atom is -0.481 e. The Morgan fingerprint density at radius 3 is 1.77 bits per heavy atom. The summed E-state index contributed by atoms with van der Waals surface area (Å²) in [5.41, 5.74) is 5.45. The predicted octanol–water partition coefficient (Wildman–Crippen LogP) is 8.51. The number of carbonyl (C=O) groups excluding carboxylic acids is 3. The zero-order valence-electron chi connectivity index (χ0n) is 50.2. The summed E-state index contributed by atoms with van der Waals surface area (Å²) in [7, 11) is 1.40. The molecule has 88 heavy (non-hydrogen) atoms. The summed E-state index contributed by atoms with van der Waals surface area (Å²) in [5.74, 6) is -1.97. The summed E-state index contributed by atoms with van der Waals surface area (Å²) in [6.45, 7) is 12.6. The molecule has 1 N–H and O–H groups in total. The van der Waals surface area contributed by atoms with Gasteiger partial charge in [0.2, 0.25) is 23.6 Å². The number of ether oxygens (including phenoxy) is 1. The molecule has 7 atom stereocenters. The Balaban J connectivity index is 0.000000136. The first-order valence-electron chi connectivity index (χ1n) is 30.6. The van der Waals surface area contributed by atoms with Gasteiger partial charge in [0.1, 0.15) is 18.0 Å². The Bertz CT molecular complexity index is 3550. The molecule has 6 aliphatic rings. The van der Waals surface area contributed by atoms with Crippen molar-refractivity contribution in [3.05, 3.63) is 155 Å². The van der Waals surface area contributed by atoms with Gasteiger partial charge >= 0.3 is 0 Å². The van der Waals surface area contributed by atoms with Gasteiger partial charge in [0.05, 0.1) is 37.0 Å². The van der Waals surface area contributed by atoms with Crippen molar-refractivity contribution in [2.24, 2.45) is 17.8 Å². The lowest BCUT2D eigenvalue weighted by molar-refractivity contribution is -0.133. The Morgan fingerprint density at radius 1 is 0.636 bits per heavy atom. The normalized spacial score (nSPS) is 22.0. The molecule has 6 fully saturated rings. The molecule has 0 saturated carbocycles. The van der Waals surface area contributed by atoms with Crippen LogP contribution >= 0.6 is 0 Å². The summed E-state index contributed by atoms with van der Waals surface area (Å²) < 4.78 is 62.6. The average Bonchev–Trinajstić information content (AvgIpc) is 2.18. The fraction of sp³-hybridized carbons (Fsp3) is 0.477. The molecule has 0 spiro atoms. The number of hydrogen-bond acceptors (Lipinski definition) is 15. The highest BCUT2D eigenvalue weighted by atomic mass is 19.3. The number of anilines is 3. The smallest absolute Gasteiger partial charge is 0.273 e. The number of hydrogen-bond donors (Lipinski definition) is 1. The Morgan fingerprint density at radius 2 is 1.22 bits per heavy atom. The second-order valence-corrected chi connectivity index (χ2v) is 24.2. The van der Waals surface area contributed by atoms with Gasteiger partial charge in [0, 0.05) is 119 Å². The lowest BCUT2D eigenvalue weighted by Crippen LogP contribution is -2.51. The van der Waals surface area contributed by atoms with Crippen LogP contribution in [0.25, 0.3) is 5.65 Å². The van der Waals surface area contributed by atoms with Gasteiger partial charge in [-0.05, 0) is 149 Å². The molecule has 1 aromatic carbocycles. The number of fused-ring (bicyclic) bond motifs is 4. The van der Waals surface area contributed by atoms with Gasteiger partial charge in [-0.3, -0.25) is 14.4 Å². The zero-order valence-corrected chi connectivity index (χ0v) is 50.2. The SMILES string of the molecule is COc1cc(C(F)(F)CC[C@H]2C[C@H]3CN(c4ccc(C)cn4)CCN3C2=O)ccn1.Cc1ccc(N2CCN3C(=O)[C@@H](CCC(O)c4ccc(F)c(F)c4)C[C@H]3C2)nc1.Cc1ccc(N2CCN3C(=O)[C@@H](CCCc4cccn5ncnc45)C[C@H]3C2)nn1. The van der Waals surface area contributed by atoms with Crippen LogP contribution in [0.5, 0.6) is 5.88 Å². The third-order valence-corrected chi connectivity index (χ3v) is 18.2. The number of aromatic nitrogens is 8. The molecule has 23 heteroatoms. The number of methoxy groups -OCH3 is 1. The van der Waals surface area contributed by atoms with Crippen molar-refractivity contribution in [2.45, 2.75) is 115 Å². The fourth-order valence-corrected chi connectivity index (χ4v) is 13.4. The standard InChI is InChI=1S/C22H26F2N4O2.C22H25F2N3O2.C21H25N7O/c1-15-3-4-19(26-13-15)27-9-10-28-18(14-27)11-16(21(28)29)5-7-22(23,24)17-6-8-25-20(12-17)30-2;1-14-2-7-21(25-12-14)26-8-9-27-17(13-26)10-16(22(27)29)4-6-20(28)15-3-5-18(23)19(24)11-15;1-15-7-8-19(25-24-15)26-10-11-27-18(13-26)12-17(21(27)29)5-2-4-16-6-3-9-28-20(16)22-14-23-28/h3-4,6,8,12-13,16,18H,5,7,9-11,14H2,1-2H3;2-3,5,7,11-12,16-17,20,28H,4,6,8-10,13H2,1H3;3,6-9,14,17-18H,2,4-5,10-13H2,1H3/t16-,18-;16-,17-,20?;17-,18-/m000/s1. The number of aliphatic hydroxyl groups excluding tert-OH is 1. The number of aliphatic hydroxyl groups is 1. The number of nitrogens with zero attached hydrogens (tertiary/aromatic N) is 14. The number of piperazine rings is 3. The summed E-state index contributed by atoms with van der Waals surface area (Å²) in [6, 6.07) is 22.6. The van der Waals surface area contributed by atoms with Gasteiger partial charge in [-0.15, -0.1) is 5.10 Å². The Hall–Kier alpha value is -8.34. The van der Waals surface area contributed by atoms with E-state index in [9.17, 15) is 37.1 Å². The van der Waals surface area contributed by atoms with E-state index >= 15 is 0 Å². The van der Waals surface area contributed by atoms with Crippen LogP contribution in [0.3, 0.4) is 0 Å². The summed E-state index contributed by atoms with van der Waals surface area (Å²) in [4.78, 5) is 68.2. The van der Waals surface area contributed by atoms with Crippen molar-refractivity contribution in [3.63, 3.8) is 0 Å². The third kappa shape index (κ3) is 14.0. The molecule has 6 aliphatic heterocycles. The van der Waals surface area contributed by atoms with E-state index in [1.807, 2.05) is 91.6 Å². The number of aryl methyl sites for hydroxylation is 4. The van der Waals surface area contributed by atoms with Crippen molar-refractivity contribution in [1.29, 1.82) is 0 Å². The van der Waals surface area contributed by atoms with E-state index in [0.717, 1.165) is 117 Å². The minimum absolute atomic E-state index is 0.000348. The van der Waals surface area contributed by atoms with Gasteiger partial charge in [0.25, 0.3) is 5.92 Å². The van der Waals surface area contributed by atoms with Crippen molar-refractivity contribution in [2.75, 3.05) is 80.7 Å². The number of carbonyl (C=O) groups is 3. The molecule has 464 valence electrons. The molecule has 19 nitrogen and oxygen atoms in total. The van der Waals surface area contributed by atoms with Gasteiger partial charge in [-0.2, -0.15) is 10.2 Å². The first kappa shape index (κ1) is 61.3. The highest BCUT2D eigenvalue weighted by Crippen LogP contribution is 2.40. The topological polar surface area (TPSA) is 195 Å². The lowest BCUT2D eigenvalue weighted by Gasteiger charge is -2.38. The monoisotopic (exact) mass is 1210 g/mol. The number of benzene rings is 1. The molecule has 0 radical (unpaired) electrons. The maximum Gasteiger partial charge on any atom is 0.273 e. The van der Waals surface area contributed by atoms with E-state index < -0.39 is 23.7 Å². The average molecular weight is 1210 g/mol. The molecule has 0 bridgehead atoms. The van der Waals surface area contributed by atoms with E-state index in [1.165, 1.54) is 37.1 Å². The van der Waals surface area contributed by atoms with Crippen LogP contribution in [-0.4, -0.2) is 161 Å². The predicted molar refractivity (Wildman–Crippen MR) is 323 cm³/mol. The summed E-state index contributed by atoms with van der Waals surface area (Å²) >= 11 is 0. The second-order valence-electron chi connectivity index (χ2n) is 24.2. The van der Waals surface area contributed by atoms with Crippen molar-refractivity contribution in [1.82, 2.24) is 54.4 Å². The summed E-state index contributed by atoms with van der Waals surface area (Å²) in [6.07, 6.45) is 13.3. The largest absolute Gasteiger partial charge is 0.481 e. The van der Waals surface area contributed by atoms with Gasteiger partial charge in [-0.25, -0.2) is 42.0 Å². The highest BCUT2D eigenvalue weighted by Gasteiger charge is 2.46. The number of alkyl halides is 2. The van der Waals surface area contributed by atoms with E-state index in [0.29, 0.717) is 56.9 Å². The molecular formula is C65H76F4N14O5. The molecule has 7 aromatic rings. The van der Waals surface area contributed by atoms with Crippen LogP contribution in [0.2, 0.25) is 0 Å². The molecule has 13 rings (SSSR count). The van der Waals surface area contributed by atoms with Crippen LogP contribution in [0, 0.1) is 50.2 Å². The Labute approximate surface area is 509 Å².